The summed E-state index contributed by atoms with van der Waals surface area (Å²) in [7, 11) is 2.08. The van der Waals surface area contributed by atoms with Gasteiger partial charge >= 0.3 is 0 Å². The molecular weight excluding hydrogens is 110 g/mol. The van der Waals surface area contributed by atoms with Gasteiger partial charge in [-0.1, -0.05) is 20.3 Å². The van der Waals surface area contributed by atoms with E-state index < -0.39 is 0 Å². The maximum Gasteiger partial charge on any atom is 0.0205 e. The Bertz CT molecular complexity index is 94.7. The summed E-state index contributed by atoms with van der Waals surface area (Å²) >= 11 is 0. The number of hydrogen-bond acceptors (Lipinski definition) is 1. The van der Waals surface area contributed by atoms with Gasteiger partial charge in [-0.15, -0.1) is 0 Å². The minimum absolute atomic E-state index is 0.550. The molecule has 1 fully saturated rings. The summed E-state index contributed by atoms with van der Waals surface area (Å²) < 4.78 is 0. The standard InChI is InChI=1S/C8H17N/c1-4-7(2)8(9-3)5-6-8/h7,9H,4-6H2,1-3H3. The van der Waals surface area contributed by atoms with Crippen LogP contribution >= 0.6 is 0 Å². The molecule has 1 nitrogen and oxygen atoms in total. The van der Waals surface area contributed by atoms with Gasteiger partial charge in [0.2, 0.25) is 0 Å². The number of rotatable bonds is 3. The van der Waals surface area contributed by atoms with Gasteiger partial charge in [0.25, 0.3) is 0 Å². The molecule has 1 heteroatoms. The van der Waals surface area contributed by atoms with Gasteiger partial charge in [0.15, 0.2) is 0 Å². The third-order valence-electron chi connectivity index (χ3n) is 2.84. The smallest absolute Gasteiger partial charge is 0.0205 e. The lowest BCUT2D eigenvalue weighted by atomic mass is 9.97. The molecule has 0 heterocycles. The average Bonchev–Trinajstić information content (AvgIpc) is 2.66. The first-order chi connectivity index (χ1) is 4.25. The molecule has 0 radical (unpaired) electrons. The van der Waals surface area contributed by atoms with E-state index in [-0.39, 0.29) is 0 Å². The molecule has 0 aromatic heterocycles. The van der Waals surface area contributed by atoms with Crippen LogP contribution in [-0.2, 0) is 0 Å². The predicted octanol–water partition coefficient (Wildman–Crippen LogP) is 1.78. The SMILES string of the molecule is CCC(C)C1(NC)CC1. The molecule has 0 bridgehead atoms. The molecule has 1 aliphatic rings. The highest BCUT2D eigenvalue weighted by Crippen LogP contribution is 2.42. The summed E-state index contributed by atoms with van der Waals surface area (Å²) in [5, 5.41) is 3.40. The predicted molar refractivity (Wildman–Crippen MR) is 40.5 cm³/mol. The van der Waals surface area contributed by atoms with E-state index in [9.17, 15) is 0 Å². The van der Waals surface area contributed by atoms with Gasteiger partial charge in [-0.3, -0.25) is 0 Å². The Balaban J connectivity index is 2.39. The van der Waals surface area contributed by atoms with Gasteiger partial charge in [0, 0.05) is 5.54 Å². The molecule has 9 heavy (non-hydrogen) atoms. The Labute approximate surface area is 57.8 Å². The summed E-state index contributed by atoms with van der Waals surface area (Å²) in [4.78, 5) is 0. The first-order valence-electron chi connectivity index (χ1n) is 3.94. The normalized spacial score (nSPS) is 25.7. The molecule has 1 saturated carbocycles. The van der Waals surface area contributed by atoms with Crippen molar-refractivity contribution in [3.8, 4) is 0 Å². The quantitative estimate of drug-likeness (QED) is 0.609. The van der Waals surface area contributed by atoms with Crippen molar-refractivity contribution in [2.75, 3.05) is 7.05 Å². The highest BCUT2D eigenvalue weighted by molar-refractivity contribution is 5.03. The van der Waals surface area contributed by atoms with Crippen LogP contribution in [-0.4, -0.2) is 12.6 Å². The van der Waals surface area contributed by atoms with Gasteiger partial charge < -0.3 is 5.32 Å². The lowest BCUT2D eigenvalue weighted by molar-refractivity contribution is 0.369. The third kappa shape index (κ3) is 1.11. The largest absolute Gasteiger partial charge is 0.314 e. The lowest BCUT2D eigenvalue weighted by Crippen LogP contribution is -2.33. The number of nitrogens with one attached hydrogen (secondary N) is 1. The van der Waals surface area contributed by atoms with Crippen molar-refractivity contribution in [1.82, 2.24) is 5.32 Å². The second-order valence-corrected chi connectivity index (χ2v) is 3.22. The van der Waals surface area contributed by atoms with Crippen molar-refractivity contribution in [2.45, 2.75) is 38.6 Å². The first kappa shape index (κ1) is 7.07. The summed E-state index contributed by atoms with van der Waals surface area (Å²) in [5.74, 6) is 0.863. The van der Waals surface area contributed by atoms with Crippen molar-refractivity contribution in [2.24, 2.45) is 5.92 Å². The third-order valence-corrected chi connectivity index (χ3v) is 2.84. The molecule has 1 rings (SSSR count). The van der Waals surface area contributed by atoms with Crippen LogP contribution in [0.25, 0.3) is 0 Å². The molecule has 1 N–H and O–H groups in total. The van der Waals surface area contributed by atoms with Crippen molar-refractivity contribution in [1.29, 1.82) is 0 Å². The average molecular weight is 127 g/mol. The summed E-state index contributed by atoms with van der Waals surface area (Å²) in [6.07, 6.45) is 4.08. The van der Waals surface area contributed by atoms with Crippen LogP contribution in [0.5, 0.6) is 0 Å². The topological polar surface area (TPSA) is 12.0 Å². The maximum atomic E-state index is 3.40. The highest BCUT2D eigenvalue weighted by Gasteiger charge is 2.44. The Hall–Kier alpha value is -0.0400. The fraction of sp³-hybridized carbons (Fsp3) is 1.00. The fourth-order valence-electron chi connectivity index (χ4n) is 1.51. The zero-order valence-electron chi connectivity index (χ0n) is 6.70. The molecule has 0 aliphatic heterocycles. The minimum Gasteiger partial charge on any atom is -0.314 e. The van der Waals surface area contributed by atoms with Crippen LogP contribution in [0.15, 0.2) is 0 Å². The fourth-order valence-corrected chi connectivity index (χ4v) is 1.51. The molecule has 1 aliphatic carbocycles. The number of hydrogen-bond donors (Lipinski definition) is 1. The molecule has 0 aromatic carbocycles. The monoisotopic (exact) mass is 127 g/mol. The van der Waals surface area contributed by atoms with Crippen molar-refractivity contribution < 1.29 is 0 Å². The van der Waals surface area contributed by atoms with E-state index in [0.717, 1.165) is 5.92 Å². The zero-order chi connectivity index (χ0) is 6.91. The van der Waals surface area contributed by atoms with Crippen molar-refractivity contribution in [3.63, 3.8) is 0 Å². The molecule has 1 atom stereocenters. The van der Waals surface area contributed by atoms with Gasteiger partial charge in [0.05, 0.1) is 0 Å². The van der Waals surface area contributed by atoms with E-state index in [1.165, 1.54) is 19.3 Å². The van der Waals surface area contributed by atoms with E-state index in [1.807, 2.05) is 0 Å². The molecule has 0 saturated heterocycles. The van der Waals surface area contributed by atoms with Gasteiger partial charge in [-0.2, -0.15) is 0 Å². The Kier molecular flexibility index (Phi) is 1.80. The van der Waals surface area contributed by atoms with E-state index in [2.05, 4.69) is 26.2 Å². The zero-order valence-corrected chi connectivity index (χ0v) is 6.70. The van der Waals surface area contributed by atoms with Gasteiger partial charge in [-0.05, 0) is 25.8 Å². The van der Waals surface area contributed by atoms with Crippen LogP contribution < -0.4 is 5.32 Å². The molecule has 0 aromatic rings. The van der Waals surface area contributed by atoms with E-state index >= 15 is 0 Å². The summed E-state index contributed by atoms with van der Waals surface area (Å²) in [6.45, 7) is 4.60. The minimum atomic E-state index is 0.550. The van der Waals surface area contributed by atoms with Crippen LogP contribution in [0.3, 0.4) is 0 Å². The maximum absolute atomic E-state index is 3.40. The molecule has 1 unspecified atom stereocenters. The molecule has 54 valence electrons. The van der Waals surface area contributed by atoms with Crippen molar-refractivity contribution >= 4 is 0 Å². The van der Waals surface area contributed by atoms with Crippen molar-refractivity contribution in [3.05, 3.63) is 0 Å². The van der Waals surface area contributed by atoms with E-state index in [0.29, 0.717) is 5.54 Å². The Morgan fingerprint density at radius 3 is 2.22 bits per heavy atom. The van der Waals surface area contributed by atoms with E-state index in [1.54, 1.807) is 0 Å². The van der Waals surface area contributed by atoms with Crippen LogP contribution in [0.1, 0.15) is 33.1 Å². The van der Waals surface area contributed by atoms with Crippen LogP contribution in [0, 0.1) is 5.92 Å². The summed E-state index contributed by atoms with van der Waals surface area (Å²) in [5.41, 5.74) is 0.550. The van der Waals surface area contributed by atoms with E-state index in [4.69, 9.17) is 0 Å². The lowest BCUT2D eigenvalue weighted by Gasteiger charge is -2.20. The van der Waals surface area contributed by atoms with Crippen LogP contribution in [0.4, 0.5) is 0 Å². The second-order valence-electron chi connectivity index (χ2n) is 3.22. The molecular formula is C8H17N. The van der Waals surface area contributed by atoms with Gasteiger partial charge in [0.1, 0.15) is 0 Å². The highest BCUT2D eigenvalue weighted by atomic mass is 15.0. The molecule has 0 amide bonds. The summed E-state index contributed by atoms with van der Waals surface area (Å²) in [6, 6.07) is 0. The Morgan fingerprint density at radius 1 is 1.56 bits per heavy atom. The van der Waals surface area contributed by atoms with Crippen LogP contribution in [0.2, 0.25) is 0 Å². The Morgan fingerprint density at radius 2 is 2.11 bits per heavy atom. The second kappa shape index (κ2) is 2.30. The molecule has 0 spiro atoms. The first-order valence-corrected chi connectivity index (χ1v) is 3.94. The van der Waals surface area contributed by atoms with Gasteiger partial charge in [-0.25, -0.2) is 0 Å².